The van der Waals surface area contributed by atoms with Crippen LogP contribution in [0.5, 0.6) is 11.8 Å². The van der Waals surface area contributed by atoms with Crippen LogP contribution in [0, 0.1) is 23.2 Å². The fourth-order valence-electron chi connectivity index (χ4n) is 7.14. The summed E-state index contributed by atoms with van der Waals surface area (Å²) < 4.78 is 11.2. The Labute approximate surface area is 173 Å². The van der Waals surface area contributed by atoms with Crippen LogP contribution in [0.4, 0.5) is 0 Å². The molecule has 1 heterocycles. The van der Waals surface area contributed by atoms with Gasteiger partial charge in [-0.3, -0.25) is 4.79 Å². The third-order valence-corrected chi connectivity index (χ3v) is 7.84. The predicted molar refractivity (Wildman–Crippen MR) is 109 cm³/mol. The first kappa shape index (κ1) is 19.1. The molecule has 6 nitrogen and oxygen atoms in total. The molecule has 0 atom stereocenters. The summed E-state index contributed by atoms with van der Waals surface area (Å²) in [5.41, 5.74) is 0.321. The Morgan fingerprint density at radius 1 is 1.00 bits per heavy atom. The van der Waals surface area contributed by atoms with Gasteiger partial charge in [0.05, 0.1) is 7.11 Å². The molecule has 1 aromatic rings. The molecule has 0 aromatic carbocycles. The second kappa shape index (κ2) is 7.77. The largest absolute Gasteiger partial charge is 0.477 e. The minimum atomic E-state index is 0.108. The van der Waals surface area contributed by atoms with Gasteiger partial charge in [0.2, 0.25) is 5.91 Å². The van der Waals surface area contributed by atoms with E-state index in [2.05, 4.69) is 15.3 Å². The van der Waals surface area contributed by atoms with Crippen LogP contribution >= 0.6 is 0 Å². The van der Waals surface area contributed by atoms with E-state index in [1.807, 2.05) is 0 Å². The number of ether oxygens (including phenoxy) is 2. The zero-order valence-corrected chi connectivity index (χ0v) is 17.4. The first-order valence-electron chi connectivity index (χ1n) is 11.4. The molecule has 0 saturated heterocycles. The molecule has 0 unspecified atom stereocenters. The maximum Gasteiger partial charge on any atom is 0.278 e. The fourth-order valence-corrected chi connectivity index (χ4v) is 7.14. The highest BCUT2D eigenvalue weighted by atomic mass is 16.5. The van der Waals surface area contributed by atoms with E-state index >= 15 is 0 Å². The van der Waals surface area contributed by atoms with Crippen LogP contribution < -0.4 is 14.8 Å². The summed E-state index contributed by atoms with van der Waals surface area (Å²) in [6.07, 6.45) is 16.0. The summed E-state index contributed by atoms with van der Waals surface area (Å²) in [5.74, 6) is 3.88. The molecule has 6 heteroatoms. The highest BCUT2D eigenvalue weighted by molar-refractivity contribution is 5.77. The maximum atomic E-state index is 12.9. The van der Waals surface area contributed by atoms with E-state index in [4.69, 9.17) is 9.47 Å². The smallest absolute Gasteiger partial charge is 0.278 e. The van der Waals surface area contributed by atoms with Crippen molar-refractivity contribution in [3.05, 3.63) is 12.4 Å². The molecule has 4 bridgehead atoms. The van der Waals surface area contributed by atoms with E-state index in [9.17, 15) is 4.79 Å². The minimum Gasteiger partial charge on any atom is -0.477 e. The van der Waals surface area contributed by atoms with E-state index in [1.54, 1.807) is 19.5 Å². The van der Waals surface area contributed by atoms with Gasteiger partial charge in [0, 0.05) is 24.9 Å². The quantitative estimate of drug-likeness (QED) is 0.785. The van der Waals surface area contributed by atoms with Gasteiger partial charge in [0.1, 0.15) is 6.10 Å². The van der Waals surface area contributed by atoms with Crippen LogP contribution in [0.2, 0.25) is 0 Å². The molecule has 5 fully saturated rings. The molecule has 0 aliphatic heterocycles. The summed E-state index contributed by atoms with van der Waals surface area (Å²) in [6.45, 7) is 0. The van der Waals surface area contributed by atoms with Crippen LogP contribution in [0.3, 0.4) is 0 Å². The summed E-state index contributed by atoms with van der Waals surface area (Å²) in [6, 6.07) is 0.278. The normalized spacial score (nSPS) is 37.9. The molecular weight excluding hydrogens is 366 g/mol. The number of hydrogen-bond acceptors (Lipinski definition) is 5. The number of aromatic nitrogens is 2. The Morgan fingerprint density at radius 3 is 2.17 bits per heavy atom. The van der Waals surface area contributed by atoms with Gasteiger partial charge in [0.15, 0.2) is 0 Å². The summed E-state index contributed by atoms with van der Waals surface area (Å²) in [7, 11) is 1.58. The van der Waals surface area contributed by atoms with Crippen LogP contribution in [0.25, 0.3) is 0 Å². The zero-order chi connectivity index (χ0) is 19.8. The Kier molecular flexibility index (Phi) is 5.12. The molecule has 0 spiro atoms. The number of nitrogens with zero attached hydrogens (tertiary/aromatic N) is 2. The summed E-state index contributed by atoms with van der Waals surface area (Å²) >= 11 is 0. The van der Waals surface area contributed by atoms with Crippen molar-refractivity contribution in [3.8, 4) is 11.8 Å². The van der Waals surface area contributed by atoms with Gasteiger partial charge < -0.3 is 14.8 Å². The Bertz CT molecular complexity index is 709. The van der Waals surface area contributed by atoms with Gasteiger partial charge in [-0.05, 0) is 87.4 Å². The first-order chi connectivity index (χ1) is 14.1. The Balaban J connectivity index is 1.10. The number of methoxy groups -OCH3 is 1. The highest BCUT2D eigenvalue weighted by Crippen LogP contribution is 2.61. The average molecular weight is 400 g/mol. The highest BCUT2D eigenvalue weighted by Gasteiger charge is 2.51. The molecule has 6 rings (SSSR count). The van der Waals surface area contributed by atoms with Crippen LogP contribution in [0.15, 0.2) is 12.4 Å². The van der Waals surface area contributed by atoms with Crippen molar-refractivity contribution in [2.24, 2.45) is 23.2 Å². The van der Waals surface area contributed by atoms with Crippen molar-refractivity contribution in [2.75, 3.05) is 7.11 Å². The SMILES string of the molecule is COc1nccnc1OC1CCC(NC(=O)CC23CC4CC(CC(C4)C2)C3)CC1. The number of hydrogen-bond donors (Lipinski definition) is 1. The van der Waals surface area contributed by atoms with E-state index in [-0.39, 0.29) is 18.1 Å². The number of amides is 1. The molecule has 5 aliphatic carbocycles. The molecule has 29 heavy (non-hydrogen) atoms. The number of carbonyl (C=O) groups excluding carboxylic acids is 1. The van der Waals surface area contributed by atoms with Gasteiger partial charge in [-0.15, -0.1) is 0 Å². The van der Waals surface area contributed by atoms with Crippen LogP contribution in [0.1, 0.15) is 70.6 Å². The van der Waals surface area contributed by atoms with Crippen LogP contribution in [-0.2, 0) is 4.79 Å². The van der Waals surface area contributed by atoms with Gasteiger partial charge >= 0.3 is 0 Å². The number of nitrogens with one attached hydrogen (secondary N) is 1. The maximum absolute atomic E-state index is 12.9. The average Bonchev–Trinajstić information content (AvgIpc) is 2.68. The topological polar surface area (TPSA) is 73.3 Å². The lowest BCUT2D eigenvalue weighted by Crippen LogP contribution is -2.49. The van der Waals surface area contributed by atoms with Crippen molar-refractivity contribution in [3.63, 3.8) is 0 Å². The van der Waals surface area contributed by atoms with Crippen molar-refractivity contribution >= 4 is 5.91 Å². The van der Waals surface area contributed by atoms with E-state index < -0.39 is 0 Å². The predicted octanol–water partition coefficient (Wildman–Crippen LogP) is 3.90. The lowest BCUT2D eigenvalue weighted by Gasteiger charge is -2.56. The van der Waals surface area contributed by atoms with Gasteiger partial charge in [-0.1, -0.05) is 0 Å². The van der Waals surface area contributed by atoms with Gasteiger partial charge in [0.25, 0.3) is 11.8 Å². The molecular formula is C23H33N3O3. The molecule has 5 aliphatic rings. The fraction of sp³-hybridized carbons (Fsp3) is 0.783. The Morgan fingerprint density at radius 2 is 1.59 bits per heavy atom. The second-order valence-corrected chi connectivity index (χ2v) is 10.1. The zero-order valence-electron chi connectivity index (χ0n) is 17.4. The number of rotatable bonds is 6. The van der Waals surface area contributed by atoms with Crippen molar-refractivity contribution in [2.45, 2.75) is 82.8 Å². The van der Waals surface area contributed by atoms with E-state index in [0.29, 0.717) is 17.2 Å². The van der Waals surface area contributed by atoms with Crippen LogP contribution in [-0.4, -0.2) is 35.1 Å². The molecule has 1 N–H and O–H groups in total. The van der Waals surface area contributed by atoms with Gasteiger partial charge in [-0.25, -0.2) is 9.97 Å². The lowest BCUT2D eigenvalue weighted by atomic mass is 9.49. The van der Waals surface area contributed by atoms with Crippen molar-refractivity contribution in [1.82, 2.24) is 15.3 Å². The summed E-state index contributed by atoms with van der Waals surface area (Å²) in [4.78, 5) is 21.2. The van der Waals surface area contributed by atoms with E-state index in [1.165, 1.54) is 38.5 Å². The molecule has 158 valence electrons. The summed E-state index contributed by atoms with van der Waals surface area (Å²) in [5, 5.41) is 3.35. The monoisotopic (exact) mass is 399 g/mol. The third kappa shape index (κ3) is 4.08. The molecule has 1 aromatic heterocycles. The molecule has 5 saturated carbocycles. The lowest BCUT2D eigenvalue weighted by molar-refractivity contribution is -0.130. The standard InChI is InChI=1S/C23H33N3O3/c1-28-21-22(25-7-6-24-21)29-19-4-2-18(3-5-19)26-20(27)14-23-11-15-8-16(12-23)10-17(9-15)13-23/h6-7,15-19H,2-5,8-14H2,1H3,(H,26,27). The first-order valence-corrected chi connectivity index (χ1v) is 11.4. The van der Waals surface area contributed by atoms with Crippen molar-refractivity contribution < 1.29 is 14.3 Å². The number of carbonyl (C=O) groups is 1. The minimum absolute atomic E-state index is 0.108. The van der Waals surface area contributed by atoms with Crippen molar-refractivity contribution in [1.29, 1.82) is 0 Å². The van der Waals surface area contributed by atoms with Gasteiger partial charge in [-0.2, -0.15) is 0 Å². The third-order valence-electron chi connectivity index (χ3n) is 7.84. The molecule has 1 amide bonds. The molecule has 0 radical (unpaired) electrons. The van der Waals surface area contributed by atoms with E-state index in [0.717, 1.165) is 49.9 Å². The second-order valence-electron chi connectivity index (χ2n) is 10.1. The Hall–Kier alpha value is -1.85.